The third-order valence-corrected chi connectivity index (χ3v) is 5.54. The van der Waals surface area contributed by atoms with Gasteiger partial charge < -0.3 is 20.7 Å². The fraction of sp³-hybridized carbons (Fsp3) is 0.292. The molecule has 2 heterocycles. The Morgan fingerprint density at radius 2 is 2.00 bits per heavy atom. The van der Waals surface area contributed by atoms with Crippen molar-refractivity contribution in [1.82, 2.24) is 4.98 Å². The molecule has 0 bridgehead atoms. The summed E-state index contributed by atoms with van der Waals surface area (Å²) in [5, 5.41) is 13.9. The number of nitrogens with zero attached hydrogens (tertiary/aromatic N) is 3. The second-order valence-corrected chi connectivity index (χ2v) is 8.77. The van der Waals surface area contributed by atoms with Crippen LogP contribution in [0.5, 0.6) is 0 Å². The molecule has 1 aliphatic heterocycles. The number of benzene rings is 2. The van der Waals surface area contributed by atoms with Crippen LogP contribution in [0.25, 0.3) is 10.8 Å². The van der Waals surface area contributed by atoms with Crippen LogP contribution in [0.3, 0.4) is 0 Å². The van der Waals surface area contributed by atoms with E-state index in [2.05, 4.69) is 22.8 Å². The van der Waals surface area contributed by atoms with Gasteiger partial charge in [-0.05, 0) is 62.6 Å². The molecular formula is C24H26ClN5O. The summed E-state index contributed by atoms with van der Waals surface area (Å²) in [7, 11) is 1.73. The lowest BCUT2D eigenvalue weighted by atomic mass is 9.95. The molecule has 160 valence electrons. The molecule has 0 fully saturated rings. The SMILES string of the molecule is CN(N)c1c(N)nc(N2CCCc3c(C#CC(C)(C)O)cccc32)c2ccc(Cl)cc12. The van der Waals surface area contributed by atoms with Crippen molar-refractivity contribution in [2.24, 2.45) is 5.84 Å². The number of fused-ring (bicyclic) bond motifs is 2. The summed E-state index contributed by atoms with van der Waals surface area (Å²) in [6.07, 6.45) is 1.86. The molecule has 3 aromatic rings. The van der Waals surface area contributed by atoms with Crippen molar-refractivity contribution in [3.63, 3.8) is 0 Å². The lowest BCUT2D eigenvalue weighted by Crippen LogP contribution is -2.29. The zero-order valence-electron chi connectivity index (χ0n) is 17.9. The lowest BCUT2D eigenvalue weighted by molar-refractivity contribution is 0.143. The molecule has 0 radical (unpaired) electrons. The quantitative estimate of drug-likeness (QED) is 0.320. The van der Waals surface area contributed by atoms with Gasteiger partial charge >= 0.3 is 0 Å². The van der Waals surface area contributed by atoms with E-state index in [0.29, 0.717) is 16.5 Å². The lowest BCUT2D eigenvalue weighted by Gasteiger charge is -2.33. The number of hydrogen-bond donors (Lipinski definition) is 3. The molecule has 0 aliphatic carbocycles. The Morgan fingerprint density at radius 3 is 2.71 bits per heavy atom. The first kappa shape index (κ1) is 21.3. The highest BCUT2D eigenvalue weighted by molar-refractivity contribution is 6.31. The van der Waals surface area contributed by atoms with E-state index in [4.69, 9.17) is 28.2 Å². The Bertz CT molecular complexity index is 1220. The third kappa shape index (κ3) is 4.13. The van der Waals surface area contributed by atoms with Gasteiger partial charge in [0.1, 0.15) is 17.1 Å². The highest BCUT2D eigenvalue weighted by atomic mass is 35.5. The molecule has 0 unspecified atom stereocenters. The molecule has 0 atom stereocenters. The standard InChI is InChI=1S/C24H26ClN5O/c1-24(2,31)12-11-15-6-4-8-20-17(15)7-5-13-30(20)23-18-10-9-16(25)14-19(18)21(29(3)27)22(26)28-23/h4,6,8-10,14,31H,5,7,13,27H2,1-3H3,(H2,26,28). The van der Waals surface area contributed by atoms with Crippen LogP contribution in [0.1, 0.15) is 31.4 Å². The Morgan fingerprint density at radius 1 is 1.23 bits per heavy atom. The summed E-state index contributed by atoms with van der Waals surface area (Å²) in [5.41, 5.74) is 9.04. The molecule has 6 nitrogen and oxygen atoms in total. The fourth-order valence-electron chi connectivity index (χ4n) is 4.03. The van der Waals surface area contributed by atoms with Crippen molar-refractivity contribution in [2.75, 3.05) is 29.2 Å². The number of nitrogens with two attached hydrogens (primary N) is 2. The van der Waals surface area contributed by atoms with Crippen molar-refractivity contribution < 1.29 is 5.11 Å². The zero-order chi connectivity index (χ0) is 22.3. The van der Waals surface area contributed by atoms with Crippen LogP contribution in [0.2, 0.25) is 5.02 Å². The number of hydrazine groups is 1. The van der Waals surface area contributed by atoms with Gasteiger partial charge in [-0.15, -0.1) is 0 Å². The van der Waals surface area contributed by atoms with Crippen molar-refractivity contribution in [2.45, 2.75) is 32.3 Å². The van der Waals surface area contributed by atoms with Crippen molar-refractivity contribution in [1.29, 1.82) is 0 Å². The Hall–Kier alpha value is -2.98. The molecule has 0 spiro atoms. The molecule has 5 N–H and O–H groups in total. The number of anilines is 4. The molecule has 2 aromatic carbocycles. The minimum absolute atomic E-state index is 0.347. The largest absolute Gasteiger partial charge is 0.382 e. The summed E-state index contributed by atoms with van der Waals surface area (Å²) < 4.78 is 0. The van der Waals surface area contributed by atoms with E-state index >= 15 is 0 Å². The normalized spacial score (nSPS) is 13.5. The number of aromatic nitrogens is 1. The summed E-state index contributed by atoms with van der Waals surface area (Å²) in [6.45, 7) is 4.17. The Labute approximate surface area is 187 Å². The average molecular weight is 436 g/mol. The number of halogens is 1. The van der Waals surface area contributed by atoms with Gasteiger partial charge in [0, 0.05) is 40.6 Å². The highest BCUT2D eigenvalue weighted by Gasteiger charge is 2.25. The first-order valence-corrected chi connectivity index (χ1v) is 10.6. The second kappa shape index (κ2) is 7.93. The minimum Gasteiger partial charge on any atom is -0.382 e. The molecule has 0 saturated carbocycles. The van der Waals surface area contributed by atoms with Crippen molar-refractivity contribution in [3.05, 3.63) is 52.5 Å². The molecule has 31 heavy (non-hydrogen) atoms. The van der Waals surface area contributed by atoms with Crippen molar-refractivity contribution in [3.8, 4) is 11.8 Å². The zero-order valence-corrected chi connectivity index (χ0v) is 18.7. The number of aliphatic hydroxyl groups is 1. The van der Waals surface area contributed by atoms with Crippen LogP contribution < -0.4 is 21.5 Å². The second-order valence-electron chi connectivity index (χ2n) is 8.34. The van der Waals surface area contributed by atoms with Crippen LogP contribution in [-0.2, 0) is 6.42 Å². The average Bonchev–Trinajstić information content (AvgIpc) is 2.70. The first-order valence-electron chi connectivity index (χ1n) is 10.2. The monoisotopic (exact) mass is 435 g/mol. The maximum atomic E-state index is 10.0. The van der Waals surface area contributed by atoms with Crippen LogP contribution in [0.4, 0.5) is 23.0 Å². The van der Waals surface area contributed by atoms with E-state index in [9.17, 15) is 5.11 Å². The number of pyridine rings is 1. The molecule has 4 rings (SSSR count). The highest BCUT2D eigenvalue weighted by Crippen LogP contribution is 2.42. The fourth-order valence-corrected chi connectivity index (χ4v) is 4.20. The van der Waals surface area contributed by atoms with Gasteiger partial charge in [-0.1, -0.05) is 29.5 Å². The molecule has 7 heteroatoms. The van der Waals surface area contributed by atoms with Crippen LogP contribution in [0, 0.1) is 11.8 Å². The van der Waals surface area contributed by atoms with Gasteiger partial charge in [-0.3, -0.25) is 0 Å². The van der Waals surface area contributed by atoms with E-state index in [1.165, 1.54) is 5.01 Å². The Balaban J connectivity index is 1.92. The van der Waals surface area contributed by atoms with E-state index in [1.807, 2.05) is 30.3 Å². The van der Waals surface area contributed by atoms with Crippen LogP contribution in [-0.4, -0.2) is 29.3 Å². The molecule has 0 amide bonds. The summed E-state index contributed by atoms with van der Waals surface area (Å²) in [6, 6.07) is 11.7. The number of nitrogen functional groups attached to an aromatic ring is 1. The molecule has 1 aromatic heterocycles. The van der Waals surface area contributed by atoms with Gasteiger partial charge in [-0.25, -0.2) is 10.8 Å². The van der Waals surface area contributed by atoms with Gasteiger partial charge in [0.25, 0.3) is 0 Å². The van der Waals surface area contributed by atoms with Gasteiger partial charge in [-0.2, -0.15) is 0 Å². The summed E-state index contributed by atoms with van der Waals surface area (Å²) in [5.74, 6) is 13.2. The third-order valence-electron chi connectivity index (χ3n) is 5.31. The molecule has 1 aliphatic rings. The van der Waals surface area contributed by atoms with Crippen LogP contribution in [0.15, 0.2) is 36.4 Å². The predicted molar refractivity (Wildman–Crippen MR) is 129 cm³/mol. The first-order chi connectivity index (χ1) is 14.7. The number of rotatable bonds is 2. The minimum atomic E-state index is -1.05. The Kier molecular flexibility index (Phi) is 5.44. The van der Waals surface area contributed by atoms with E-state index in [0.717, 1.165) is 52.8 Å². The van der Waals surface area contributed by atoms with Crippen molar-refractivity contribution >= 4 is 45.4 Å². The maximum Gasteiger partial charge on any atom is 0.151 e. The van der Waals surface area contributed by atoms with Gasteiger partial charge in [0.15, 0.2) is 5.82 Å². The van der Waals surface area contributed by atoms with E-state index < -0.39 is 5.60 Å². The van der Waals surface area contributed by atoms with Gasteiger partial charge in [0.2, 0.25) is 0 Å². The summed E-state index contributed by atoms with van der Waals surface area (Å²) >= 11 is 6.29. The smallest absolute Gasteiger partial charge is 0.151 e. The number of hydrogen-bond acceptors (Lipinski definition) is 6. The molecule has 0 saturated heterocycles. The molecular weight excluding hydrogens is 410 g/mol. The van der Waals surface area contributed by atoms with E-state index in [-0.39, 0.29) is 0 Å². The van der Waals surface area contributed by atoms with Gasteiger partial charge in [0.05, 0.1) is 0 Å². The predicted octanol–water partition coefficient (Wildman–Crippen LogP) is 3.99. The van der Waals surface area contributed by atoms with Crippen LogP contribution >= 0.6 is 11.6 Å². The maximum absolute atomic E-state index is 10.0. The summed E-state index contributed by atoms with van der Waals surface area (Å²) in [4.78, 5) is 6.93. The topological polar surface area (TPSA) is 91.6 Å². The van der Waals surface area contributed by atoms with E-state index in [1.54, 1.807) is 20.9 Å².